The Balaban J connectivity index is 3.05. The standard InChI is InChI=1S/C5H8Cl2O/c1-4(8)2-3-5(6)7/h5H,2-3H2,1H3. The summed E-state index contributed by atoms with van der Waals surface area (Å²) >= 11 is 10.7. The van der Waals surface area contributed by atoms with Crippen LogP contribution < -0.4 is 0 Å². The van der Waals surface area contributed by atoms with Gasteiger partial charge in [0.15, 0.2) is 0 Å². The topological polar surface area (TPSA) is 17.1 Å². The maximum absolute atomic E-state index is 10.2. The lowest BCUT2D eigenvalue weighted by molar-refractivity contribution is -0.117. The molecule has 0 fully saturated rings. The van der Waals surface area contributed by atoms with Crippen molar-refractivity contribution in [2.75, 3.05) is 0 Å². The molecule has 0 amide bonds. The molecule has 0 unspecified atom stereocenters. The van der Waals surface area contributed by atoms with Crippen molar-refractivity contribution in [3.8, 4) is 0 Å². The van der Waals surface area contributed by atoms with Gasteiger partial charge >= 0.3 is 0 Å². The van der Waals surface area contributed by atoms with Crippen molar-refractivity contribution in [2.45, 2.75) is 24.6 Å². The third-order valence-corrected chi connectivity index (χ3v) is 1.15. The molecule has 0 radical (unpaired) electrons. The normalized spacial score (nSPS) is 10.0. The van der Waals surface area contributed by atoms with E-state index in [0.717, 1.165) is 0 Å². The van der Waals surface area contributed by atoms with E-state index in [1.807, 2.05) is 0 Å². The van der Waals surface area contributed by atoms with Crippen molar-refractivity contribution < 1.29 is 4.79 Å². The molecule has 0 N–H and O–H groups in total. The molecule has 0 saturated carbocycles. The third-order valence-electron chi connectivity index (χ3n) is 0.715. The van der Waals surface area contributed by atoms with Crippen molar-refractivity contribution in [3.63, 3.8) is 0 Å². The number of alkyl halides is 2. The van der Waals surface area contributed by atoms with Gasteiger partial charge in [-0.15, -0.1) is 23.2 Å². The Morgan fingerprint density at radius 2 is 2.12 bits per heavy atom. The molecule has 0 aromatic rings. The van der Waals surface area contributed by atoms with Gasteiger partial charge in [-0.2, -0.15) is 0 Å². The minimum atomic E-state index is -0.390. The van der Waals surface area contributed by atoms with Crippen molar-refractivity contribution in [2.24, 2.45) is 0 Å². The molecule has 0 heterocycles. The van der Waals surface area contributed by atoms with Crippen molar-refractivity contribution in [1.29, 1.82) is 0 Å². The van der Waals surface area contributed by atoms with E-state index in [2.05, 4.69) is 0 Å². The van der Waals surface area contributed by atoms with Gasteiger partial charge < -0.3 is 4.79 Å². The fraction of sp³-hybridized carbons (Fsp3) is 0.800. The highest BCUT2D eigenvalue weighted by molar-refractivity contribution is 6.44. The maximum atomic E-state index is 10.2. The van der Waals surface area contributed by atoms with Crippen molar-refractivity contribution >= 4 is 29.0 Å². The summed E-state index contributed by atoms with van der Waals surface area (Å²) in [5.41, 5.74) is 0. The minimum Gasteiger partial charge on any atom is -0.300 e. The molecule has 0 atom stereocenters. The third kappa shape index (κ3) is 6.25. The van der Waals surface area contributed by atoms with E-state index in [1.54, 1.807) is 0 Å². The molecule has 0 aliphatic carbocycles. The van der Waals surface area contributed by atoms with Crippen LogP contribution in [0.15, 0.2) is 0 Å². The zero-order chi connectivity index (χ0) is 6.57. The first kappa shape index (κ1) is 8.25. The molecular weight excluding hydrogens is 147 g/mol. The highest BCUT2D eigenvalue weighted by atomic mass is 35.5. The fourth-order valence-electron chi connectivity index (χ4n) is 0.312. The van der Waals surface area contributed by atoms with Crippen molar-refractivity contribution in [1.82, 2.24) is 0 Å². The molecule has 0 aromatic carbocycles. The monoisotopic (exact) mass is 154 g/mol. The molecule has 48 valence electrons. The van der Waals surface area contributed by atoms with Crippen LogP contribution >= 0.6 is 23.2 Å². The largest absolute Gasteiger partial charge is 0.300 e. The van der Waals surface area contributed by atoms with Gasteiger partial charge in [-0.25, -0.2) is 0 Å². The number of hydrogen-bond acceptors (Lipinski definition) is 1. The van der Waals surface area contributed by atoms with Gasteiger partial charge in [-0.3, -0.25) is 0 Å². The first-order chi connectivity index (χ1) is 3.63. The van der Waals surface area contributed by atoms with E-state index in [0.29, 0.717) is 12.8 Å². The van der Waals surface area contributed by atoms with Crippen LogP contribution in [0.5, 0.6) is 0 Å². The lowest BCUT2D eigenvalue weighted by Crippen LogP contribution is -1.93. The van der Waals surface area contributed by atoms with Crippen LogP contribution in [-0.4, -0.2) is 10.6 Å². The highest BCUT2D eigenvalue weighted by Crippen LogP contribution is 2.08. The van der Waals surface area contributed by atoms with Crippen LogP contribution in [0.2, 0.25) is 0 Å². The summed E-state index contributed by atoms with van der Waals surface area (Å²) in [4.78, 5) is 9.84. The van der Waals surface area contributed by atoms with E-state index >= 15 is 0 Å². The lowest BCUT2D eigenvalue weighted by atomic mass is 10.3. The van der Waals surface area contributed by atoms with Crippen LogP contribution in [0.3, 0.4) is 0 Å². The molecule has 0 aliphatic heterocycles. The second kappa shape index (κ2) is 4.16. The molecular formula is C5H8Cl2O. The number of hydrogen-bond donors (Lipinski definition) is 0. The summed E-state index contributed by atoms with van der Waals surface area (Å²) in [6, 6.07) is 0. The Bertz CT molecular complexity index is 80.5. The van der Waals surface area contributed by atoms with Crippen LogP contribution in [-0.2, 0) is 4.79 Å². The van der Waals surface area contributed by atoms with E-state index in [1.165, 1.54) is 6.92 Å². The molecule has 0 saturated heterocycles. The number of ketones is 1. The zero-order valence-electron chi connectivity index (χ0n) is 4.66. The zero-order valence-corrected chi connectivity index (χ0v) is 6.17. The Morgan fingerprint density at radius 3 is 2.25 bits per heavy atom. The molecule has 0 aliphatic rings. The summed E-state index contributed by atoms with van der Waals surface area (Å²) < 4.78 is 0. The molecule has 8 heavy (non-hydrogen) atoms. The van der Waals surface area contributed by atoms with E-state index in [4.69, 9.17) is 23.2 Å². The van der Waals surface area contributed by atoms with Gasteiger partial charge in [0.2, 0.25) is 0 Å². The second-order valence-electron chi connectivity index (χ2n) is 1.63. The van der Waals surface area contributed by atoms with Gasteiger partial charge in [0.05, 0.1) is 0 Å². The summed E-state index contributed by atoms with van der Waals surface area (Å²) in [5.74, 6) is 0.135. The molecule has 3 heteroatoms. The average molecular weight is 155 g/mol. The SMILES string of the molecule is CC(=O)CCC(Cl)Cl. The Kier molecular flexibility index (Phi) is 4.29. The van der Waals surface area contributed by atoms with Crippen LogP contribution in [0.1, 0.15) is 19.8 Å². The van der Waals surface area contributed by atoms with E-state index in [9.17, 15) is 4.79 Å². The molecule has 0 bridgehead atoms. The summed E-state index contributed by atoms with van der Waals surface area (Å²) in [7, 11) is 0. The van der Waals surface area contributed by atoms with Gasteiger partial charge in [-0.05, 0) is 13.3 Å². The smallest absolute Gasteiger partial charge is 0.129 e. The predicted molar refractivity (Wildman–Crippen MR) is 35.4 cm³/mol. The summed E-state index contributed by atoms with van der Waals surface area (Å²) in [6.45, 7) is 1.52. The summed E-state index contributed by atoms with van der Waals surface area (Å²) in [5, 5.41) is 0. The number of rotatable bonds is 3. The number of Topliss-reactive ketones (excluding diaryl/α,β-unsaturated/α-hetero) is 1. The Morgan fingerprint density at radius 1 is 1.62 bits per heavy atom. The lowest BCUT2D eigenvalue weighted by Gasteiger charge is -1.94. The first-order valence-corrected chi connectivity index (χ1v) is 3.28. The summed E-state index contributed by atoms with van der Waals surface area (Å²) in [6.07, 6.45) is 1.05. The average Bonchev–Trinajstić information content (AvgIpc) is 1.61. The maximum Gasteiger partial charge on any atom is 0.129 e. The Hall–Kier alpha value is 0.250. The quantitative estimate of drug-likeness (QED) is 0.570. The van der Waals surface area contributed by atoms with E-state index < -0.39 is 0 Å². The minimum absolute atomic E-state index is 0.135. The molecule has 0 aromatic heterocycles. The van der Waals surface area contributed by atoms with Gasteiger partial charge in [0.1, 0.15) is 10.6 Å². The van der Waals surface area contributed by atoms with E-state index in [-0.39, 0.29) is 10.6 Å². The van der Waals surface area contributed by atoms with Gasteiger partial charge in [-0.1, -0.05) is 0 Å². The number of halogens is 2. The fourth-order valence-corrected chi connectivity index (χ4v) is 0.531. The van der Waals surface area contributed by atoms with Crippen LogP contribution in [0.25, 0.3) is 0 Å². The second-order valence-corrected chi connectivity index (χ2v) is 2.91. The molecule has 0 rings (SSSR count). The molecule has 1 nitrogen and oxygen atoms in total. The Labute approximate surface area is 59.0 Å². The first-order valence-electron chi connectivity index (χ1n) is 2.40. The molecule has 0 spiro atoms. The van der Waals surface area contributed by atoms with Crippen LogP contribution in [0, 0.1) is 0 Å². The van der Waals surface area contributed by atoms with Crippen LogP contribution in [0.4, 0.5) is 0 Å². The van der Waals surface area contributed by atoms with Crippen molar-refractivity contribution in [3.05, 3.63) is 0 Å². The predicted octanol–water partition coefficient (Wildman–Crippen LogP) is 2.16. The highest BCUT2D eigenvalue weighted by Gasteiger charge is 1.99. The van der Waals surface area contributed by atoms with Gasteiger partial charge in [0.25, 0.3) is 0 Å². The number of carbonyl (C=O) groups excluding carboxylic acids is 1. The number of carbonyl (C=O) groups is 1. The van der Waals surface area contributed by atoms with Gasteiger partial charge in [0, 0.05) is 6.42 Å².